The monoisotopic (exact) mass is 487 g/mol. The van der Waals surface area contributed by atoms with E-state index in [0.29, 0.717) is 39.2 Å². The van der Waals surface area contributed by atoms with Crippen LogP contribution < -0.4 is 0 Å². The van der Waals surface area contributed by atoms with Crippen molar-refractivity contribution in [3.05, 3.63) is 111 Å². The molecule has 0 atom stereocenters. The first-order chi connectivity index (χ1) is 15.3. The van der Waals surface area contributed by atoms with E-state index in [-0.39, 0.29) is 12.6 Å². The van der Waals surface area contributed by atoms with Gasteiger partial charge in [-0.05, 0) is 58.2 Å². The van der Waals surface area contributed by atoms with Gasteiger partial charge in [-0.2, -0.15) is 0 Å². The van der Waals surface area contributed by atoms with Gasteiger partial charge in [0.15, 0.2) is 9.84 Å². The standard InChI is InChI=1S/C25H23Cl2NO3S/c1-32(30,31)25(20-4-2-3-17(13-20)16-29)21-14-28(15-21)24(18-5-9-22(26)10-6-18)19-7-11-23(27)12-8-19/h2-13,24,29H,14-16H2,1H3. The maximum absolute atomic E-state index is 12.7. The maximum Gasteiger partial charge on any atom is 0.176 e. The quantitative estimate of drug-likeness (QED) is 0.509. The highest BCUT2D eigenvalue weighted by Gasteiger charge is 2.34. The Kier molecular flexibility index (Phi) is 6.75. The van der Waals surface area contributed by atoms with Crippen LogP contribution in [0.25, 0.3) is 4.91 Å². The average Bonchev–Trinajstić information content (AvgIpc) is 2.73. The number of rotatable bonds is 6. The van der Waals surface area contributed by atoms with Crippen molar-refractivity contribution in [1.82, 2.24) is 4.90 Å². The van der Waals surface area contributed by atoms with E-state index < -0.39 is 9.84 Å². The lowest BCUT2D eigenvalue weighted by Crippen LogP contribution is -2.44. The molecule has 1 aliphatic heterocycles. The van der Waals surface area contributed by atoms with Crippen molar-refractivity contribution < 1.29 is 13.5 Å². The van der Waals surface area contributed by atoms with Gasteiger partial charge in [-0.25, -0.2) is 8.42 Å². The molecule has 0 aromatic heterocycles. The molecule has 1 saturated heterocycles. The molecule has 0 spiro atoms. The third-order valence-corrected chi connectivity index (χ3v) is 7.36. The molecular formula is C25H23Cl2NO3S. The number of likely N-dealkylation sites (tertiary alicyclic amines) is 1. The fraction of sp³-hybridized carbons (Fsp3) is 0.200. The van der Waals surface area contributed by atoms with Crippen LogP contribution in [0, 0.1) is 0 Å². The van der Waals surface area contributed by atoms with E-state index in [1.54, 1.807) is 24.3 Å². The summed E-state index contributed by atoms with van der Waals surface area (Å²) in [5.41, 5.74) is 4.29. The van der Waals surface area contributed by atoms with Crippen molar-refractivity contribution in [3.63, 3.8) is 0 Å². The summed E-state index contributed by atoms with van der Waals surface area (Å²) in [6.45, 7) is 0.894. The summed E-state index contributed by atoms with van der Waals surface area (Å²) in [5.74, 6) is 0. The molecule has 1 fully saturated rings. The van der Waals surface area contributed by atoms with Gasteiger partial charge in [0.25, 0.3) is 0 Å². The molecule has 4 rings (SSSR count). The second kappa shape index (κ2) is 9.38. The third kappa shape index (κ3) is 4.92. The molecule has 1 N–H and O–H groups in total. The number of benzene rings is 3. The molecule has 0 bridgehead atoms. The van der Waals surface area contributed by atoms with E-state index in [0.717, 1.165) is 16.7 Å². The van der Waals surface area contributed by atoms with Crippen LogP contribution in [0.1, 0.15) is 28.3 Å². The first-order valence-corrected chi connectivity index (χ1v) is 12.8. The van der Waals surface area contributed by atoms with E-state index in [2.05, 4.69) is 4.90 Å². The van der Waals surface area contributed by atoms with Crippen molar-refractivity contribution in [1.29, 1.82) is 0 Å². The lowest BCUT2D eigenvalue weighted by atomic mass is 9.92. The predicted octanol–water partition coefficient (Wildman–Crippen LogP) is 5.35. The molecule has 1 heterocycles. The Morgan fingerprint density at radius 2 is 1.47 bits per heavy atom. The summed E-state index contributed by atoms with van der Waals surface area (Å²) >= 11 is 12.2. The number of nitrogens with zero attached hydrogens (tertiary/aromatic N) is 1. The Labute approximate surface area is 198 Å². The lowest BCUT2D eigenvalue weighted by molar-refractivity contribution is 0.203. The molecule has 1 aliphatic rings. The summed E-state index contributed by atoms with van der Waals surface area (Å²) in [6, 6.07) is 22.4. The van der Waals surface area contributed by atoms with Crippen LogP contribution in [0.2, 0.25) is 10.0 Å². The van der Waals surface area contributed by atoms with Crippen molar-refractivity contribution >= 4 is 37.9 Å². The highest BCUT2D eigenvalue weighted by atomic mass is 35.5. The zero-order valence-electron chi connectivity index (χ0n) is 17.5. The number of sulfone groups is 1. The van der Waals surface area contributed by atoms with Crippen LogP contribution in [0.4, 0.5) is 0 Å². The van der Waals surface area contributed by atoms with Gasteiger partial charge < -0.3 is 5.11 Å². The highest BCUT2D eigenvalue weighted by molar-refractivity contribution is 8.00. The second-order valence-electron chi connectivity index (χ2n) is 7.97. The number of aliphatic hydroxyl groups excluding tert-OH is 1. The van der Waals surface area contributed by atoms with E-state index in [4.69, 9.17) is 23.2 Å². The zero-order chi connectivity index (χ0) is 22.9. The Hall–Kier alpha value is -2.15. The Morgan fingerprint density at radius 1 is 0.938 bits per heavy atom. The van der Waals surface area contributed by atoms with E-state index in [9.17, 15) is 13.5 Å². The van der Waals surface area contributed by atoms with E-state index >= 15 is 0 Å². The summed E-state index contributed by atoms with van der Waals surface area (Å²) in [4.78, 5) is 2.57. The zero-order valence-corrected chi connectivity index (χ0v) is 19.8. The summed E-state index contributed by atoms with van der Waals surface area (Å²) in [7, 11) is -3.46. The van der Waals surface area contributed by atoms with Gasteiger partial charge in [0.2, 0.25) is 0 Å². The highest BCUT2D eigenvalue weighted by Crippen LogP contribution is 2.38. The summed E-state index contributed by atoms with van der Waals surface area (Å²) in [6.07, 6.45) is 1.24. The van der Waals surface area contributed by atoms with Gasteiger partial charge in [0, 0.05) is 29.4 Å². The van der Waals surface area contributed by atoms with Gasteiger partial charge in [0.1, 0.15) is 0 Å². The van der Waals surface area contributed by atoms with Crippen LogP contribution in [0.5, 0.6) is 0 Å². The van der Waals surface area contributed by atoms with Gasteiger partial charge in [0.05, 0.1) is 17.6 Å². The van der Waals surface area contributed by atoms with Crippen LogP contribution in [0.15, 0.2) is 78.4 Å². The summed E-state index contributed by atoms with van der Waals surface area (Å²) in [5, 5.41) is 10.8. The minimum absolute atomic E-state index is 0.0575. The number of hydrogen-bond donors (Lipinski definition) is 1. The fourth-order valence-corrected chi connectivity index (χ4v) is 5.63. The topological polar surface area (TPSA) is 57.6 Å². The van der Waals surface area contributed by atoms with Crippen LogP contribution in [0.3, 0.4) is 0 Å². The van der Waals surface area contributed by atoms with Gasteiger partial charge in [-0.15, -0.1) is 0 Å². The van der Waals surface area contributed by atoms with Gasteiger partial charge in [-0.3, -0.25) is 4.90 Å². The SMILES string of the molecule is CS(=O)(=O)C(=C1CN(C(c2ccc(Cl)cc2)c2ccc(Cl)cc2)C1)c1cccc(CO)c1. The van der Waals surface area contributed by atoms with Crippen LogP contribution in [-0.2, 0) is 16.4 Å². The van der Waals surface area contributed by atoms with Crippen molar-refractivity contribution in [2.45, 2.75) is 12.6 Å². The first-order valence-electron chi connectivity index (χ1n) is 10.1. The van der Waals surface area contributed by atoms with Crippen molar-refractivity contribution in [2.75, 3.05) is 19.3 Å². The van der Waals surface area contributed by atoms with Gasteiger partial charge in [-0.1, -0.05) is 65.7 Å². The van der Waals surface area contributed by atoms with E-state index in [1.807, 2.05) is 48.5 Å². The Morgan fingerprint density at radius 3 is 1.94 bits per heavy atom. The predicted molar refractivity (Wildman–Crippen MR) is 130 cm³/mol. The third-order valence-electron chi connectivity index (χ3n) is 5.59. The average molecular weight is 488 g/mol. The molecule has 3 aromatic rings. The number of hydrogen-bond acceptors (Lipinski definition) is 4. The maximum atomic E-state index is 12.7. The normalized spacial score (nSPS) is 14.5. The van der Waals surface area contributed by atoms with Crippen molar-refractivity contribution in [3.8, 4) is 0 Å². The molecule has 32 heavy (non-hydrogen) atoms. The van der Waals surface area contributed by atoms with Crippen molar-refractivity contribution in [2.24, 2.45) is 0 Å². The first kappa shape index (κ1) is 23.0. The fourth-order valence-electron chi connectivity index (χ4n) is 4.17. The molecule has 4 nitrogen and oxygen atoms in total. The molecule has 0 aliphatic carbocycles. The minimum atomic E-state index is -3.46. The molecule has 3 aromatic carbocycles. The second-order valence-corrected chi connectivity index (χ2v) is 10.8. The van der Waals surface area contributed by atoms with Crippen LogP contribution >= 0.6 is 23.2 Å². The number of aliphatic hydroxyl groups is 1. The van der Waals surface area contributed by atoms with Gasteiger partial charge >= 0.3 is 0 Å². The molecule has 7 heteroatoms. The molecule has 166 valence electrons. The Bertz CT molecular complexity index is 1200. The molecule has 0 unspecified atom stereocenters. The Balaban J connectivity index is 1.72. The largest absolute Gasteiger partial charge is 0.392 e. The minimum Gasteiger partial charge on any atom is -0.392 e. The lowest BCUT2D eigenvalue weighted by Gasteiger charge is -2.42. The molecule has 0 saturated carbocycles. The molecule has 0 amide bonds. The molecule has 0 radical (unpaired) electrons. The van der Waals surface area contributed by atoms with E-state index in [1.165, 1.54) is 6.26 Å². The smallest absolute Gasteiger partial charge is 0.176 e. The van der Waals surface area contributed by atoms with Crippen LogP contribution in [-0.4, -0.2) is 37.8 Å². The summed E-state index contributed by atoms with van der Waals surface area (Å²) < 4.78 is 25.4. The number of halogens is 2. The molecular weight excluding hydrogens is 465 g/mol.